The van der Waals surface area contributed by atoms with Gasteiger partial charge in [0.2, 0.25) is 0 Å². The van der Waals surface area contributed by atoms with Crippen molar-refractivity contribution < 1.29 is 33.1 Å². The quantitative estimate of drug-likeness (QED) is 0.0589. The number of phenols is 1. The van der Waals surface area contributed by atoms with E-state index in [9.17, 15) is 19.4 Å². The zero-order chi connectivity index (χ0) is 31.6. The molecule has 0 amide bonds. The summed E-state index contributed by atoms with van der Waals surface area (Å²) in [7, 11) is -4.55. The number of rotatable bonds is 17. The molecule has 1 fully saturated rings. The number of phosphoric ester groups is 1. The number of hydrogen-bond donors (Lipinski definition) is 2. The molecule has 1 unspecified atom stereocenters. The van der Waals surface area contributed by atoms with Crippen LogP contribution in [0.4, 0.5) is 0 Å². The number of hydrogen-bond acceptors (Lipinski definition) is 6. The van der Waals surface area contributed by atoms with Crippen molar-refractivity contribution in [2.75, 3.05) is 6.61 Å². The van der Waals surface area contributed by atoms with E-state index in [1.807, 2.05) is 13.0 Å². The van der Waals surface area contributed by atoms with E-state index in [0.29, 0.717) is 18.4 Å². The number of aromatic hydroxyl groups is 1. The summed E-state index contributed by atoms with van der Waals surface area (Å²) in [6, 6.07) is 3.64. The average molecular weight is 619 g/mol. The van der Waals surface area contributed by atoms with Gasteiger partial charge in [0.05, 0.1) is 6.61 Å². The first-order chi connectivity index (χ1) is 20.4. The third kappa shape index (κ3) is 9.78. The molecule has 1 aromatic carbocycles. The monoisotopic (exact) mass is 618 g/mol. The smallest absolute Gasteiger partial charge is 0.473 e. The molecular formula is C35H55O7P. The maximum absolute atomic E-state index is 14.0. The molecular weight excluding hydrogens is 563 g/mol. The molecule has 2 aliphatic rings. The van der Waals surface area contributed by atoms with Gasteiger partial charge in [-0.3, -0.25) is 9.05 Å². The van der Waals surface area contributed by atoms with Gasteiger partial charge in [0.25, 0.3) is 0 Å². The first kappa shape index (κ1) is 35.6. The van der Waals surface area contributed by atoms with Crippen LogP contribution < -0.4 is 4.74 Å². The normalized spacial score (nSPS) is 21.4. The molecule has 0 radical (unpaired) electrons. The molecule has 0 heterocycles. The van der Waals surface area contributed by atoms with E-state index in [2.05, 4.69) is 40.3 Å². The lowest BCUT2D eigenvalue weighted by molar-refractivity contribution is -0.153. The first-order valence-corrected chi connectivity index (χ1v) is 18.0. The first-order valence-electron chi connectivity index (χ1n) is 16.5. The summed E-state index contributed by atoms with van der Waals surface area (Å²) < 4.78 is 30.6. The predicted molar refractivity (Wildman–Crippen MR) is 172 cm³/mol. The summed E-state index contributed by atoms with van der Waals surface area (Å²) in [5.41, 5.74) is 2.07. The number of phenolic OH excluding ortho intramolecular Hbond substituents is 1. The van der Waals surface area contributed by atoms with Gasteiger partial charge in [-0.15, -0.1) is 0 Å². The van der Waals surface area contributed by atoms with Crippen LogP contribution in [0, 0.1) is 11.8 Å². The Morgan fingerprint density at radius 2 is 1.79 bits per heavy atom. The van der Waals surface area contributed by atoms with Crippen molar-refractivity contribution in [1.82, 2.24) is 0 Å². The fourth-order valence-corrected chi connectivity index (χ4v) is 7.91. The van der Waals surface area contributed by atoms with E-state index in [4.69, 9.17) is 13.8 Å². The molecule has 8 heteroatoms. The number of carbonyl (C=O) groups excluding carboxylic acids is 1. The lowest BCUT2D eigenvalue weighted by Gasteiger charge is -2.33. The summed E-state index contributed by atoms with van der Waals surface area (Å²) in [6.07, 6.45) is 13.4. The molecule has 2 aliphatic carbocycles. The number of aryl methyl sites for hydroxylation is 1. The van der Waals surface area contributed by atoms with Crippen LogP contribution in [-0.4, -0.2) is 28.2 Å². The van der Waals surface area contributed by atoms with E-state index in [1.54, 1.807) is 6.07 Å². The van der Waals surface area contributed by atoms with Crippen LogP contribution in [0.15, 0.2) is 35.9 Å². The molecule has 0 bridgehead atoms. The lowest BCUT2D eigenvalue weighted by Crippen LogP contribution is -2.41. The van der Waals surface area contributed by atoms with Gasteiger partial charge in [-0.2, -0.15) is 0 Å². The highest BCUT2D eigenvalue weighted by atomic mass is 31.2. The fourth-order valence-electron chi connectivity index (χ4n) is 6.76. The van der Waals surface area contributed by atoms with E-state index in [0.717, 1.165) is 75.3 Å². The van der Waals surface area contributed by atoms with Gasteiger partial charge in [0.1, 0.15) is 11.5 Å². The molecule has 7 nitrogen and oxygen atoms in total. The zero-order valence-electron chi connectivity index (χ0n) is 27.2. The van der Waals surface area contributed by atoms with Gasteiger partial charge < -0.3 is 14.7 Å². The van der Waals surface area contributed by atoms with Gasteiger partial charge in [0, 0.05) is 11.5 Å². The third-order valence-electron chi connectivity index (χ3n) is 9.11. The summed E-state index contributed by atoms with van der Waals surface area (Å²) in [4.78, 5) is 24.8. The topological polar surface area (TPSA) is 102 Å². The van der Waals surface area contributed by atoms with Crippen molar-refractivity contribution in [3.05, 3.63) is 47.1 Å². The standard InChI is InChI=1S/C35H55O7P/c1-7-10-11-16-28-22-31(36)33(30-21-26(6)17-18-29(30)25(4)5)32(23-28)41-34(37)35(19-12-13-20-35)42-43(38,39)40-24-27(14-8-2)15-9-3/h21-23,27,29-30,36H,4,7-20,24H2,1-3,5-6H3,(H,38,39)/t29-,30+/m0/s1. The molecule has 3 rings (SSSR count). The van der Waals surface area contributed by atoms with Gasteiger partial charge in [-0.05, 0) is 108 Å². The molecule has 242 valence electrons. The number of phosphoric acid groups is 1. The van der Waals surface area contributed by atoms with Crippen LogP contribution >= 0.6 is 7.82 Å². The highest BCUT2D eigenvalue weighted by Crippen LogP contribution is 2.53. The average Bonchev–Trinajstić information content (AvgIpc) is 3.41. The molecule has 0 aliphatic heterocycles. The molecule has 0 saturated heterocycles. The van der Waals surface area contributed by atoms with Crippen LogP contribution in [0.25, 0.3) is 0 Å². The van der Waals surface area contributed by atoms with Crippen molar-refractivity contribution in [3.63, 3.8) is 0 Å². The Labute approximate surface area is 259 Å². The molecule has 0 spiro atoms. The minimum Gasteiger partial charge on any atom is -0.507 e. The summed E-state index contributed by atoms with van der Waals surface area (Å²) >= 11 is 0. The number of esters is 1. The van der Waals surface area contributed by atoms with Crippen molar-refractivity contribution in [1.29, 1.82) is 0 Å². The van der Waals surface area contributed by atoms with E-state index >= 15 is 0 Å². The Balaban J connectivity index is 1.95. The van der Waals surface area contributed by atoms with Gasteiger partial charge in [-0.25, -0.2) is 9.36 Å². The van der Waals surface area contributed by atoms with Crippen molar-refractivity contribution in [2.24, 2.45) is 11.8 Å². The maximum atomic E-state index is 14.0. The largest absolute Gasteiger partial charge is 0.507 e. The minimum absolute atomic E-state index is 0.0833. The molecule has 1 saturated carbocycles. The van der Waals surface area contributed by atoms with Gasteiger partial charge >= 0.3 is 13.8 Å². The number of allylic oxidation sites excluding steroid dienone is 3. The molecule has 3 atom stereocenters. The van der Waals surface area contributed by atoms with Crippen LogP contribution in [0.3, 0.4) is 0 Å². The van der Waals surface area contributed by atoms with E-state index in [1.165, 1.54) is 5.57 Å². The zero-order valence-corrected chi connectivity index (χ0v) is 28.1. The van der Waals surface area contributed by atoms with Gasteiger partial charge in [-0.1, -0.05) is 70.3 Å². The highest BCUT2D eigenvalue weighted by Gasteiger charge is 2.50. The SMILES string of the molecule is C=C(C)[C@@H]1CCC(C)=C[C@H]1c1c(O)cc(CCCCC)cc1OC(=O)C1(OP(=O)(O)OCC(CCC)CCC)CCCC1. The molecule has 0 aromatic heterocycles. The fraction of sp³-hybridized carbons (Fsp3) is 0.686. The Morgan fingerprint density at radius 3 is 2.40 bits per heavy atom. The van der Waals surface area contributed by atoms with E-state index < -0.39 is 19.4 Å². The Kier molecular flexibility index (Phi) is 13.6. The number of carbonyl (C=O) groups is 1. The third-order valence-corrected chi connectivity index (χ3v) is 10.2. The second-order valence-corrected chi connectivity index (χ2v) is 14.3. The minimum atomic E-state index is -4.55. The Morgan fingerprint density at radius 1 is 1.12 bits per heavy atom. The highest BCUT2D eigenvalue weighted by molar-refractivity contribution is 7.47. The van der Waals surface area contributed by atoms with Crippen LogP contribution in [-0.2, 0) is 24.8 Å². The Bertz CT molecular complexity index is 1160. The van der Waals surface area contributed by atoms with E-state index in [-0.39, 0.29) is 48.7 Å². The van der Waals surface area contributed by atoms with Crippen LogP contribution in [0.1, 0.15) is 135 Å². The molecule has 2 N–H and O–H groups in total. The lowest BCUT2D eigenvalue weighted by atomic mass is 9.73. The predicted octanol–water partition coefficient (Wildman–Crippen LogP) is 9.71. The second-order valence-electron chi connectivity index (χ2n) is 12.9. The van der Waals surface area contributed by atoms with Crippen LogP contribution in [0.2, 0.25) is 0 Å². The summed E-state index contributed by atoms with van der Waals surface area (Å²) in [5, 5.41) is 11.4. The van der Waals surface area contributed by atoms with Crippen molar-refractivity contribution in [2.45, 2.75) is 136 Å². The maximum Gasteiger partial charge on any atom is 0.473 e. The number of benzene rings is 1. The van der Waals surface area contributed by atoms with Gasteiger partial charge in [0.15, 0.2) is 5.60 Å². The molecule has 1 aromatic rings. The van der Waals surface area contributed by atoms with Crippen molar-refractivity contribution in [3.8, 4) is 11.5 Å². The number of ether oxygens (including phenoxy) is 1. The van der Waals surface area contributed by atoms with Crippen LogP contribution in [0.5, 0.6) is 11.5 Å². The second kappa shape index (κ2) is 16.4. The summed E-state index contributed by atoms with van der Waals surface area (Å²) in [5.74, 6) is -0.306. The molecule has 43 heavy (non-hydrogen) atoms. The summed E-state index contributed by atoms with van der Waals surface area (Å²) in [6.45, 7) is 14.7. The number of unbranched alkanes of at least 4 members (excludes halogenated alkanes) is 2. The Hall–Kier alpha value is -1.92. The van der Waals surface area contributed by atoms with Crippen molar-refractivity contribution >= 4 is 13.8 Å².